The fourth-order valence-electron chi connectivity index (χ4n) is 3.31. The summed E-state index contributed by atoms with van der Waals surface area (Å²) in [6.45, 7) is 5.09. The first-order valence-corrected chi connectivity index (χ1v) is 7.87. The zero-order valence-electron chi connectivity index (χ0n) is 12.8. The van der Waals surface area contributed by atoms with Gasteiger partial charge in [0, 0.05) is 49.9 Å². The Hall–Kier alpha value is -1.36. The van der Waals surface area contributed by atoms with Gasteiger partial charge < -0.3 is 15.0 Å². The number of hydrogen-bond acceptors (Lipinski definition) is 3. The number of nitrogens with one attached hydrogen (secondary N) is 2. The summed E-state index contributed by atoms with van der Waals surface area (Å²) in [6.07, 6.45) is 4.62. The van der Waals surface area contributed by atoms with E-state index in [-0.39, 0.29) is 0 Å². The molecule has 21 heavy (non-hydrogen) atoms. The maximum absolute atomic E-state index is 5.20. The van der Waals surface area contributed by atoms with Crippen LogP contribution in [0.25, 0.3) is 10.9 Å². The summed E-state index contributed by atoms with van der Waals surface area (Å²) in [6, 6.07) is 9.27. The molecule has 1 fully saturated rings. The quantitative estimate of drug-likeness (QED) is 0.821. The number of likely N-dealkylation sites (tertiary alicyclic amines) is 1. The van der Waals surface area contributed by atoms with Crippen LogP contribution in [0.4, 0.5) is 0 Å². The summed E-state index contributed by atoms with van der Waals surface area (Å²) in [7, 11) is 1.78. The third-order valence-corrected chi connectivity index (χ3v) is 4.46. The summed E-state index contributed by atoms with van der Waals surface area (Å²) in [5.74, 6) is 0. The molecule has 2 heterocycles. The molecule has 4 heteroatoms. The molecule has 0 aliphatic carbocycles. The zero-order chi connectivity index (χ0) is 14.5. The van der Waals surface area contributed by atoms with Crippen LogP contribution in [0.1, 0.15) is 18.4 Å². The van der Waals surface area contributed by atoms with Gasteiger partial charge >= 0.3 is 0 Å². The lowest BCUT2D eigenvalue weighted by atomic mass is 10.1. The first-order valence-electron chi connectivity index (χ1n) is 7.87. The number of hydrogen-bond donors (Lipinski definition) is 2. The second kappa shape index (κ2) is 7.07. The second-order valence-corrected chi connectivity index (χ2v) is 5.81. The summed E-state index contributed by atoms with van der Waals surface area (Å²) in [5, 5.41) is 4.96. The van der Waals surface area contributed by atoms with Gasteiger partial charge in [-0.05, 0) is 37.1 Å². The fraction of sp³-hybridized carbons (Fsp3) is 0.529. The number of H-pyrrole nitrogens is 1. The van der Waals surface area contributed by atoms with Gasteiger partial charge in [0.2, 0.25) is 0 Å². The summed E-state index contributed by atoms with van der Waals surface area (Å²) in [5.41, 5.74) is 2.59. The van der Waals surface area contributed by atoms with Crippen LogP contribution >= 0.6 is 0 Å². The highest BCUT2D eigenvalue weighted by Gasteiger charge is 2.23. The molecule has 0 radical (unpaired) electrons. The SMILES string of the molecule is COCCN1CCCC1CNCc1cccc2[nH]ccc12. The van der Waals surface area contributed by atoms with E-state index < -0.39 is 0 Å². The molecule has 1 saturated heterocycles. The van der Waals surface area contributed by atoms with Crippen molar-refractivity contribution in [2.24, 2.45) is 0 Å². The van der Waals surface area contributed by atoms with Crippen molar-refractivity contribution in [1.29, 1.82) is 0 Å². The molecule has 4 nitrogen and oxygen atoms in total. The summed E-state index contributed by atoms with van der Waals surface area (Å²) >= 11 is 0. The van der Waals surface area contributed by atoms with Crippen molar-refractivity contribution in [3.63, 3.8) is 0 Å². The highest BCUT2D eigenvalue weighted by Crippen LogP contribution is 2.18. The van der Waals surface area contributed by atoms with Crippen molar-refractivity contribution < 1.29 is 4.74 Å². The molecule has 1 aromatic carbocycles. The molecule has 1 aliphatic rings. The van der Waals surface area contributed by atoms with E-state index in [0.29, 0.717) is 6.04 Å². The Morgan fingerprint density at radius 3 is 3.24 bits per heavy atom. The Balaban J connectivity index is 1.52. The molecule has 1 aromatic heterocycles. The van der Waals surface area contributed by atoms with Gasteiger partial charge in [-0.25, -0.2) is 0 Å². The van der Waals surface area contributed by atoms with Gasteiger partial charge in [0.1, 0.15) is 0 Å². The molecule has 0 bridgehead atoms. The maximum Gasteiger partial charge on any atom is 0.0589 e. The molecule has 2 N–H and O–H groups in total. The molecule has 3 rings (SSSR count). The van der Waals surface area contributed by atoms with Crippen LogP contribution in [0.5, 0.6) is 0 Å². The van der Waals surface area contributed by atoms with Gasteiger partial charge in [0.05, 0.1) is 6.61 Å². The van der Waals surface area contributed by atoms with Gasteiger partial charge in [0.15, 0.2) is 0 Å². The highest BCUT2D eigenvalue weighted by atomic mass is 16.5. The number of nitrogens with zero attached hydrogens (tertiary/aromatic N) is 1. The number of ether oxygens (including phenoxy) is 1. The van der Waals surface area contributed by atoms with E-state index in [4.69, 9.17) is 4.74 Å². The van der Waals surface area contributed by atoms with Gasteiger partial charge in [-0.15, -0.1) is 0 Å². The van der Waals surface area contributed by atoms with Gasteiger partial charge in [-0.2, -0.15) is 0 Å². The van der Waals surface area contributed by atoms with Crippen molar-refractivity contribution in [2.75, 3.05) is 33.4 Å². The Labute approximate surface area is 126 Å². The van der Waals surface area contributed by atoms with Gasteiger partial charge in [-0.3, -0.25) is 4.90 Å². The third-order valence-electron chi connectivity index (χ3n) is 4.46. The molecular weight excluding hydrogens is 262 g/mol. The molecular formula is C17H25N3O. The van der Waals surface area contributed by atoms with Crippen molar-refractivity contribution >= 4 is 10.9 Å². The van der Waals surface area contributed by atoms with E-state index in [1.54, 1.807) is 7.11 Å². The van der Waals surface area contributed by atoms with E-state index in [2.05, 4.69) is 39.5 Å². The van der Waals surface area contributed by atoms with Crippen LogP contribution in [0.15, 0.2) is 30.5 Å². The number of rotatable bonds is 7. The minimum atomic E-state index is 0.658. The smallest absolute Gasteiger partial charge is 0.0589 e. The number of aromatic amines is 1. The van der Waals surface area contributed by atoms with Crippen molar-refractivity contribution in [3.8, 4) is 0 Å². The topological polar surface area (TPSA) is 40.3 Å². The van der Waals surface area contributed by atoms with E-state index in [0.717, 1.165) is 26.2 Å². The highest BCUT2D eigenvalue weighted by molar-refractivity contribution is 5.82. The Morgan fingerprint density at radius 1 is 1.38 bits per heavy atom. The van der Waals surface area contributed by atoms with Gasteiger partial charge in [0.25, 0.3) is 0 Å². The van der Waals surface area contributed by atoms with Crippen LogP contribution in [0, 0.1) is 0 Å². The lowest BCUT2D eigenvalue weighted by molar-refractivity contribution is 0.140. The second-order valence-electron chi connectivity index (χ2n) is 5.81. The number of aromatic nitrogens is 1. The van der Waals surface area contributed by atoms with E-state index >= 15 is 0 Å². The molecule has 1 aliphatic heterocycles. The van der Waals surface area contributed by atoms with Gasteiger partial charge in [-0.1, -0.05) is 12.1 Å². The average molecular weight is 287 g/mol. The third kappa shape index (κ3) is 3.46. The molecule has 0 spiro atoms. The van der Waals surface area contributed by atoms with E-state index in [9.17, 15) is 0 Å². The normalized spacial score (nSPS) is 19.6. The van der Waals surface area contributed by atoms with Crippen LogP contribution in [0.2, 0.25) is 0 Å². The van der Waals surface area contributed by atoms with Crippen LogP contribution in [-0.2, 0) is 11.3 Å². The van der Waals surface area contributed by atoms with Crippen LogP contribution in [-0.4, -0.2) is 49.3 Å². The molecule has 2 aromatic rings. The zero-order valence-corrected chi connectivity index (χ0v) is 12.8. The standard InChI is InChI=1S/C17H25N3O/c1-21-11-10-20-9-3-5-15(20)13-18-12-14-4-2-6-17-16(14)7-8-19-17/h2,4,6-8,15,18-19H,3,5,9-13H2,1H3. The minimum Gasteiger partial charge on any atom is -0.383 e. The Bertz CT molecular complexity index is 566. The molecule has 1 atom stereocenters. The Morgan fingerprint density at radius 2 is 2.33 bits per heavy atom. The predicted octanol–water partition coefficient (Wildman–Crippen LogP) is 2.37. The summed E-state index contributed by atoms with van der Waals surface area (Å²) < 4.78 is 5.20. The largest absolute Gasteiger partial charge is 0.383 e. The maximum atomic E-state index is 5.20. The fourth-order valence-corrected chi connectivity index (χ4v) is 3.31. The predicted molar refractivity (Wildman–Crippen MR) is 86.5 cm³/mol. The average Bonchev–Trinajstić information content (AvgIpc) is 3.14. The van der Waals surface area contributed by atoms with E-state index in [1.165, 1.54) is 35.9 Å². The summed E-state index contributed by atoms with van der Waals surface area (Å²) in [4.78, 5) is 5.82. The van der Waals surface area contributed by atoms with Crippen LogP contribution < -0.4 is 5.32 Å². The molecule has 1 unspecified atom stereocenters. The number of fused-ring (bicyclic) bond motifs is 1. The van der Waals surface area contributed by atoms with Crippen molar-refractivity contribution in [2.45, 2.75) is 25.4 Å². The minimum absolute atomic E-state index is 0.658. The first-order chi connectivity index (χ1) is 10.4. The Kier molecular flexibility index (Phi) is 4.91. The lowest BCUT2D eigenvalue weighted by Crippen LogP contribution is -2.39. The van der Waals surface area contributed by atoms with Crippen molar-refractivity contribution in [1.82, 2.24) is 15.2 Å². The molecule has 0 amide bonds. The molecule has 0 saturated carbocycles. The molecule has 114 valence electrons. The van der Waals surface area contributed by atoms with E-state index in [1.807, 2.05) is 6.20 Å². The lowest BCUT2D eigenvalue weighted by Gasteiger charge is -2.24. The first kappa shape index (κ1) is 14.6. The monoisotopic (exact) mass is 287 g/mol. The number of benzene rings is 1. The van der Waals surface area contributed by atoms with Crippen LogP contribution in [0.3, 0.4) is 0 Å². The number of methoxy groups -OCH3 is 1. The van der Waals surface area contributed by atoms with Crippen molar-refractivity contribution in [3.05, 3.63) is 36.0 Å².